The molecule has 1 heterocycles. The molecule has 11 nitrogen and oxygen atoms in total. The standard InChI is InChI=1S/C30H31BrN4O7/c1-5-39-25-12-21(10-22(31)28(25)40-15-26(36)34-27-18(3)8-17(2)9-19(27)4)14-33-35-30(38)29(37)32-13-20-6-7-23-24(11-20)42-16-41-23/h6-12,14H,5,13,15-16H2,1-4H3,(H,32,37)(H,34,36)(H,35,38)/b33-14-. The Morgan fingerprint density at radius 2 is 1.71 bits per heavy atom. The minimum atomic E-state index is -0.930. The van der Waals surface area contributed by atoms with Crippen LogP contribution in [0.15, 0.2) is 52.0 Å². The second kappa shape index (κ2) is 13.9. The van der Waals surface area contributed by atoms with Gasteiger partial charge in [0.15, 0.2) is 29.6 Å². The number of anilines is 1. The molecule has 0 bridgehead atoms. The fourth-order valence-electron chi connectivity index (χ4n) is 4.29. The van der Waals surface area contributed by atoms with Crippen molar-refractivity contribution in [2.75, 3.05) is 25.3 Å². The molecule has 12 heteroatoms. The van der Waals surface area contributed by atoms with Crippen LogP contribution in [0.4, 0.5) is 5.69 Å². The summed E-state index contributed by atoms with van der Waals surface area (Å²) < 4.78 is 22.6. The lowest BCUT2D eigenvalue weighted by Gasteiger charge is -2.16. The van der Waals surface area contributed by atoms with E-state index in [0.717, 1.165) is 27.9 Å². The fraction of sp³-hybridized carbons (Fsp3) is 0.267. The molecule has 0 aromatic heterocycles. The van der Waals surface area contributed by atoms with Crippen molar-refractivity contribution < 1.29 is 33.3 Å². The highest BCUT2D eigenvalue weighted by molar-refractivity contribution is 9.10. The Labute approximate surface area is 251 Å². The Bertz CT molecular complexity index is 1520. The van der Waals surface area contributed by atoms with Crippen LogP contribution >= 0.6 is 15.9 Å². The van der Waals surface area contributed by atoms with E-state index in [1.165, 1.54) is 6.21 Å². The van der Waals surface area contributed by atoms with Crippen LogP contribution in [0, 0.1) is 20.8 Å². The van der Waals surface area contributed by atoms with Gasteiger partial charge in [-0.3, -0.25) is 14.4 Å². The molecule has 0 aliphatic carbocycles. The Balaban J connectivity index is 1.32. The highest BCUT2D eigenvalue weighted by Crippen LogP contribution is 2.37. The monoisotopic (exact) mass is 638 g/mol. The Hall–Kier alpha value is -4.58. The molecule has 4 rings (SSSR count). The first-order valence-electron chi connectivity index (χ1n) is 13.1. The maximum Gasteiger partial charge on any atom is 0.329 e. The van der Waals surface area contributed by atoms with E-state index >= 15 is 0 Å². The number of aryl methyl sites for hydroxylation is 3. The molecule has 0 radical (unpaired) electrons. The first-order valence-corrected chi connectivity index (χ1v) is 13.9. The zero-order valence-corrected chi connectivity index (χ0v) is 25.2. The highest BCUT2D eigenvalue weighted by atomic mass is 79.9. The topological polar surface area (TPSA) is 137 Å². The maximum atomic E-state index is 12.7. The fourth-order valence-corrected chi connectivity index (χ4v) is 4.86. The van der Waals surface area contributed by atoms with Gasteiger partial charge in [0.25, 0.3) is 5.91 Å². The lowest BCUT2D eigenvalue weighted by atomic mass is 10.1. The lowest BCUT2D eigenvalue weighted by Crippen LogP contribution is -2.37. The van der Waals surface area contributed by atoms with Gasteiger partial charge < -0.3 is 29.6 Å². The zero-order chi connectivity index (χ0) is 30.2. The van der Waals surface area contributed by atoms with Crippen molar-refractivity contribution in [2.45, 2.75) is 34.2 Å². The van der Waals surface area contributed by atoms with Crippen LogP contribution in [0.25, 0.3) is 0 Å². The van der Waals surface area contributed by atoms with Gasteiger partial charge in [-0.25, -0.2) is 5.43 Å². The van der Waals surface area contributed by atoms with Crippen molar-refractivity contribution in [3.05, 3.63) is 74.8 Å². The van der Waals surface area contributed by atoms with Gasteiger partial charge in [0.1, 0.15) is 0 Å². The number of nitrogens with one attached hydrogen (secondary N) is 3. The number of hydrogen-bond acceptors (Lipinski definition) is 8. The summed E-state index contributed by atoms with van der Waals surface area (Å²) in [6.07, 6.45) is 1.36. The summed E-state index contributed by atoms with van der Waals surface area (Å²) in [5, 5.41) is 9.32. The van der Waals surface area contributed by atoms with Gasteiger partial charge in [-0.1, -0.05) is 23.8 Å². The third-order valence-corrected chi connectivity index (χ3v) is 6.69. The van der Waals surface area contributed by atoms with Crippen LogP contribution in [-0.4, -0.2) is 43.9 Å². The number of hydrogen-bond donors (Lipinski definition) is 3. The number of rotatable bonds is 10. The van der Waals surface area contributed by atoms with Crippen molar-refractivity contribution in [3.63, 3.8) is 0 Å². The molecule has 0 spiro atoms. The first kappa shape index (κ1) is 30.4. The molecule has 3 amide bonds. The van der Waals surface area contributed by atoms with Crippen molar-refractivity contribution >= 4 is 45.6 Å². The minimum Gasteiger partial charge on any atom is -0.490 e. The number of halogens is 1. The Morgan fingerprint density at radius 3 is 2.45 bits per heavy atom. The van der Waals surface area contributed by atoms with Crippen LogP contribution in [0.5, 0.6) is 23.0 Å². The molecule has 0 unspecified atom stereocenters. The van der Waals surface area contributed by atoms with Gasteiger partial charge in [-0.2, -0.15) is 5.10 Å². The maximum absolute atomic E-state index is 12.7. The van der Waals surface area contributed by atoms with E-state index in [0.29, 0.717) is 39.6 Å². The van der Waals surface area contributed by atoms with Crippen molar-refractivity contribution in [3.8, 4) is 23.0 Å². The molecule has 3 aromatic carbocycles. The quantitative estimate of drug-likeness (QED) is 0.171. The summed E-state index contributed by atoms with van der Waals surface area (Å²) >= 11 is 3.45. The number of fused-ring (bicyclic) bond motifs is 1. The summed E-state index contributed by atoms with van der Waals surface area (Å²) in [5.74, 6) is -0.167. The van der Waals surface area contributed by atoms with Gasteiger partial charge in [0.2, 0.25) is 6.79 Å². The number of amides is 3. The molecule has 3 N–H and O–H groups in total. The normalized spacial score (nSPS) is 11.7. The van der Waals surface area contributed by atoms with Crippen LogP contribution in [0.1, 0.15) is 34.7 Å². The molecule has 0 atom stereocenters. The Morgan fingerprint density at radius 1 is 0.976 bits per heavy atom. The summed E-state index contributed by atoms with van der Waals surface area (Å²) in [5.41, 5.74) is 7.31. The number of ether oxygens (including phenoxy) is 4. The number of nitrogens with zero attached hydrogens (tertiary/aromatic N) is 1. The van der Waals surface area contributed by atoms with E-state index in [-0.39, 0.29) is 25.9 Å². The number of hydrazone groups is 1. The smallest absolute Gasteiger partial charge is 0.329 e. The van der Waals surface area contributed by atoms with E-state index < -0.39 is 11.8 Å². The Kier molecular flexibility index (Phi) is 10.0. The van der Waals surface area contributed by atoms with E-state index in [1.807, 2.05) is 39.8 Å². The molecule has 1 aliphatic rings. The molecular formula is C30H31BrN4O7. The highest BCUT2D eigenvalue weighted by Gasteiger charge is 2.17. The SMILES string of the molecule is CCOc1cc(/C=N\NC(=O)C(=O)NCc2ccc3c(c2)OCO3)cc(Br)c1OCC(=O)Nc1c(C)cc(C)cc1C. The molecule has 3 aromatic rings. The van der Waals surface area contributed by atoms with E-state index in [4.69, 9.17) is 18.9 Å². The summed E-state index contributed by atoms with van der Waals surface area (Å²) in [7, 11) is 0. The van der Waals surface area contributed by atoms with Gasteiger partial charge >= 0.3 is 11.8 Å². The molecule has 1 aliphatic heterocycles. The number of carbonyl (C=O) groups excluding carboxylic acids is 3. The molecule has 0 saturated carbocycles. The minimum absolute atomic E-state index is 0.126. The molecular weight excluding hydrogens is 608 g/mol. The zero-order valence-electron chi connectivity index (χ0n) is 23.6. The molecule has 0 fully saturated rings. The van der Waals surface area contributed by atoms with Gasteiger partial charge in [-0.05, 0) is 90.1 Å². The lowest BCUT2D eigenvalue weighted by molar-refractivity contribution is -0.139. The average Bonchev–Trinajstić information content (AvgIpc) is 3.41. The van der Waals surface area contributed by atoms with Crippen LogP contribution in [0.3, 0.4) is 0 Å². The average molecular weight is 640 g/mol. The van der Waals surface area contributed by atoms with E-state index in [2.05, 4.69) is 37.1 Å². The molecule has 0 saturated heterocycles. The second-order valence-corrected chi connectivity index (χ2v) is 10.3. The third-order valence-electron chi connectivity index (χ3n) is 6.10. The van der Waals surface area contributed by atoms with Gasteiger partial charge in [0.05, 0.1) is 17.3 Å². The predicted molar refractivity (Wildman–Crippen MR) is 160 cm³/mol. The predicted octanol–water partition coefficient (Wildman–Crippen LogP) is 4.29. The molecule has 42 heavy (non-hydrogen) atoms. The number of benzene rings is 3. The number of carbonyl (C=O) groups is 3. The largest absolute Gasteiger partial charge is 0.490 e. The van der Waals surface area contributed by atoms with Gasteiger partial charge in [-0.15, -0.1) is 0 Å². The first-order chi connectivity index (χ1) is 20.1. The van der Waals surface area contributed by atoms with Crippen molar-refractivity contribution in [1.29, 1.82) is 0 Å². The van der Waals surface area contributed by atoms with Crippen LogP contribution in [-0.2, 0) is 20.9 Å². The van der Waals surface area contributed by atoms with E-state index in [1.54, 1.807) is 30.3 Å². The van der Waals surface area contributed by atoms with Crippen molar-refractivity contribution in [1.82, 2.24) is 10.7 Å². The third kappa shape index (κ3) is 7.78. The van der Waals surface area contributed by atoms with Gasteiger partial charge in [0, 0.05) is 12.2 Å². The molecule has 220 valence electrons. The van der Waals surface area contributed by atoms with Crippen LogP contribution < -0.4 is 35.0 Å². The summed E-state index contributed by atoms with van der Waals surface area (Å²) in [6.45, 7) is 8.08. The van der Waals surface area contributed by atoms with E-state index in [9.17, 15) is 14.4 Å². The second-order valence-electron chi connectivity index (χ2n) is 9.44. The summed E-state index contributed by atoms with van der Waals surface area (Å²) in [4.78, 5) is 37.1. The summed E-state index contributed by atoms with van der Waals surface area (Å²) in [6, 6.07) is 12.6. The van der Waals surface area contributed by atoms with Crippen LogP contribution in [0.2, 0.25) is 0 Å². The van der Waals surface area contributed by atoms with Crippen molar-refractivity contribution in [2.24, 2.45) is 5.10 Å².